The molecule has 2 heterocycles. The van der Waals surface area contributed by atoms with E-state index in [2.05, 4.69) is 10.3 Å². The van der Waals surface area contributed by atoms with Crippen molar-refractivity contribution in [2.75, 3.05) is 13.7 Å². The van der Waals surface area contributed by atoms with Gasteiger partial charge in [0.25, 0.3) is 0 Å². The van der Waals surface area contributed by atoms with E-state index < -0.39 is 6.04 Å². The van der Waals surface area contributed by atoms with E-state index in [1.807, 2.05) is 54.2 Å². The highest BCUT2D eigenvalue weighted by molar-refractivity contribution is 6.05. The SMILES string of the molecule is COc1ccc([C@H](NC(=O)CCN2C(=O)[C@H]3CC=CC[C@H]3C2=O)c2nccn2C)cc1. The van der Waals surface area contributed by atoms with E-state index in [1.165, 1.54) is 4.90 Å². The van der Waals surface area contributed by atoms with E-state index in [0.29, 0.717) is 18.7 Å². The zero-order valence-corrected chi connectivity index (χ0v) is 17.7. The average molecular weight is 422 g/mol. The van der Waals surface area contributed by atoms with Crippen LogP contribution in [0.4, 0.5) is 0 Å². The van der Waals surface area contributed by atoms with Gasteiger partial charge in [0.05, 0.1) is 18.9 Å². The number of nitrogens with zero attached hydrogens (tertiary/aromatic N) is 3. The first-order valence-corrected chi connectivity index (χ1v) is 10.4. The van der Waals surface area contributed by atoms with Crippen LogP contribution in [0.3, 0.4) is 0 Å². The molecule has 1 fully saturated rings. The molecule has 1 aliphatic carbocycles. The number of carbonyl (C=O) groups excluding carboxylic acids is 3. The van der Waals surface area contributed by atoms with Gasteiger partial charge in [0, 0.05) is 32.4 Å². The number of fused-ring (bicyclic) bond motifs is 1. The third kappa shape index (κ3) is 4.10. The van der Waals surface area contributed by atoms with Gasteiger partial charge in [-0.25, -0.2) is 4.98 Å². The minimum atomic E-state index is -0.463. The highest BCUT2D eigenvalue weighted by Crippen LogP contribution is 2.35. The largest absolute Gasteiger partial charge is 0.497 e. The molecule has 0 saturated carbocycles. The summed E-state index contributed by atoms with van der Waals surface area (Å²) in [6.07, 6.45) is 8.63. The predicted molar refractivity (Wildman–Crippen MR) is 113 cm³/mol. The fourth-order valence-corrected chi connectivity index (χ4v) is 4.28. The topological polar surface area (TPSA) is 93.5 Å². The third-order valence-electron chi connectivity index (χ3n) is 6.03. The van der Waals surface area contributed by atoms with Crippen LogP contribution in [0.2, 0.25) is 0 Å². The molecule has 8 nitrogen and oxygen atoms in total. The van der Waals surface area contributed by atoms with E-state index in [1.54, 1.807) is 13.3 Å². The standard InChI is InChI=1S/C23H26N4O4/c1-26-14-12-24-21(26)20(15-7-9-16(31-2)10-8-15)25-19(28)11-13-27-22(29)17-5-3-4-6-18(17)23(27)30/h3-4,7-10,12,14,17-18,20H,5-6,11,13H2,1-2H3,(H,25,28)/t17-,18+,20-/m0/s1. The Kier molecular flexibility index (Phi) is 5.88. The number of aromatic nitrogens is 2. The molecule has 8 heteroatoms. The lowest BCUT2D eigenvalue weighted by Gasteiger charge is -2.20. The number of allylic oxidation sites excluding steroid dienone is 2. The summed E-state index contributed by atoms with van der Waals surface area (Å²) in [5.74, 6) is 0.267. The molecule has 0 unspecified atom stereocenters. The van der Waals surface area contributed by atoms with Crippen LogP contribution in [-0.2, 0) is 21.4 Å². The van der Waals surface area contributed by atoms with Crippen molar-refractivity contribution in [1.82, 2.24) is 19.8 Å². The summed E-state index contributed by atoms with van der Waals surface area (Å²) in [4.78, 5) is 43.7. The number of carbonyl (C=O) groups is 3. The van der Waals surface area contributed by atoms with Crippen LogP contribution >= 0.6 is 0 Å². The highest BCUT2D eigenvalue weighted by Gasteiger charge is 2.46. The van der Waals surface area contributed by atoms with Crippen molar-refractivity contribution in [2.24, 2.45) is 18.9 Å². The Bertz CT molecular complexity index is 985. The first kappa shape index (κ1) is 20.8. The summed E-state index contributed by atoms with van der Waals surface area (Å²) in [6, 6.07) is 6.95. The minimum Gasteiger partial charge on any atom is -0.497 e. The smallest absolute Gasteiger partial charge is 0.233 e. The van der Waals surface area contributed by atoms with Crippen LogP contribution in [0.1, 0.15) is 36.7 Å². The molecule has 2 aromatic rings. The van der Waals surface area contributed by atoms with Gasteiger partial charge in [-0.1, -0.05) is 24.3 Å². The molecule has 0 spiro atoms. The lowest BCUT2D eigenvalue weighted by molar-refractivity contribution is -0.140. The number of nitrogens with one attached hydrogen (secondary N) is 1. The molecule has 0 radical (unpaired) electrons. The Labute approximate surface area is 180 Å². The Hall–Kier alpha value is -3.42. The Balaban J connectivity index is 1.45. The average Bonchev–Trinajstić information content (AvgIpc) is 3.32. The van der Waals surface area contributed by atoms with Gasteiger partial charge >= 0.3 is 0 Å². The lowest BCUT2D eigenvalue weighted by atomic mass is 9.85. The number of methoxy groups -OCH3 is 1. The summed E-state index contributed by atoms with van der Waals surface area (Å²) in [5, 5.41) is 3.01. The van der Waals surface area contributed by atoms with Crippen molar-refractivity contribution < 1.29 is 19.1 Å². The van der Waals surface area contributed by atoms with E-state index in [9.17, 15) is 14.4 Å². The number of ether oxygens (including phenoxy) is 1. The van der Waals surface area contributed by atoms with Crippen molar-refractivity contribution in [3.05, 3.63) is 60.2 Å². The van der Waals surface area contributed by atoms with Crippen molar-refractivity contribution in [1.29, 1.82) is 0 Å². The van der Waals surface area contributed by atoms with E-state index in [0.717, 1.165) is 11.3 Å². The van der Waals surface area contributed by atoms with Crippen molar-refractivity contribution in [3.63, 3.8) is 0 Å². The number of imide groups is 1. The monoisotopic (exact) mass is 422 g/mol. The maximum atomic E-state index is 12.8. The summed E-state index contributed by atoms with van der Waals surface area (Å²) < 4.78 is 7.07. The van der Waals surface area contributed by atoms with Crippen LogP contribution in [-0.4, -0.2) is 45.8 Å². The summed E-state index contributed by atoms with van der Waals surface area (Å²) in [7, 11) is 3.46. The minimum absolute atomic E-state index is 0.0431. The number of hydrogen-bond donors (Lipinski definition) is 1. The molecular weight excluding hydrogens is 396 g/mol. The number of aryl methyl sites for hydroxylation is 1. The fourth-order valence-electron chi connectivity index (χ4n) is 4.28. The Morgan fingerprint density at radius 2 is 1.81 bits per heavy atom. The molecule has 0 bridgehead atoms. The highest BCUT2D eigenvalue weighted by atomic mass is 16.5. The molecule has 3 amide bonds. The molecule has 1 aliphatic heterocycles. The molecule has 3 atom stereocenters. The van der Waals surface area contributed by atoms with E-state index in [-0.39, 0.29) is 42.5 Å². The second kappa shape index (κ2) is 8.75. The maximum absolute atomic E-state index is 12.8. The van der Waals surface area contributed by atoms with Gasteiger partial charge < -0.3 is 14.6 Å². The molecular formula is C23H26N4O4. The van der Waals surface area contributed by atoms with Gasteiger partial charge in [0.2, 0.25) is 17.7 Å². The number of hydrogen-bond acceptors (Lipinski definition) is 5. The number of benzene rings is 1. The number of imidazole rings is 1. The van der Waals surface area contributed by atoms with E-state index >= 15 is 0 Å². The normalized spacial score (nSPS) is 21.2. The maximum Gasteiger partial charge on any atom is 0.233 e. The summed E-state index contributed by atoms with van der Waals surface area (Å²) >= 11 is 0. The molecule has 1 N–H and O–H groups in total. The van der Waals surface area contributed by atoms with Gasteiger partial charge in [-0.05, 0) is 30.5 Å². The van der Waals surface area contributed by atoms with Crippen molar-refractivity contribution >= 4 is 17.7 Å². The zero-order valence-electron chi connectivity index (χ0n) is 17.7. The summed E-state index contributed by atoms with van der Waals surface area (Å²) in [5.41, 5.74) is 0.855. The van der Waals surface area contributed by atoms with Crippen LogP contribution in [0, 0.1) is 11.8 Å². The fraction of sp³-hybridized carbons (Fsp3) is 0.391. The molecule has 4 rings (SSSR count). The van der Waals surface area contributed by atoms with Gasteiger partial charge in [0.15, 0.2) is 0 Å². The molecule has 162 valence electrons. The number of likely N-dealkylation sites (tertiary alicyclic amines) is 1. The Morgan fingerprint density at radius 3 is 2.35 bits per heavy atom. The van der Waals surface area contributed by atoms with Crippen LogP contribution in [0.5, 0.6) is 5.75 Å². The molecule has 1 aromatic heterocycles. The van der Waals surface area contributed by atoms with Crippen LogP contribution in [0.25, 0.3) is 0 Å². The second-order valence-corrected chi connectivity index (χ2v) is 7.90. The number of amides is 3. The predicted octanol–water partition coefficient (Wildman–Crippen LogP) is 1.98. The Morgan fingerprint density at radius 1 is 1.16 bits per heavy atom. The van der Waals surface area contributed by atoms with Crippen molar-refractivity contribution in [3.8, 4) is 5.75 Å². The van der Waals surface area contributed by atoms with Gasteiger partial charge in [-0.3, -0.25) is 19.3 Å². The number of rotatable bonds is 7. The van der Waals surface area contributed by atoms with Gasteiger partial charge in [0.1, 0.15) is 17.6 Å². The second-order valence-electron chi connectivity index (χ2n) is 7.90. The van der Waals surface area contributed by atoms with Gasteiger partial charge in [-0.15, -0.1) is 0 Å². The molecule has 1 saturated heterocycles. The summed E-state index contributed by atoms with van der Waals surface area (Å²) in [6.45, 7) is 0.0897. The van der Waals surface area contributed by atoms with Crippen LogP contribution < -0.4 is 10.1 Å². The van der Waals surface area contributed by atoms with Crippen molar-refractivity contribution in [2.45, 2.75) is 25.3 Å². The molecule has 2 aliphatic rings. The first-order chi connectivity index (χ1) is 15.0. The van der Waals surface area contributed by atoms with E-state index in [4.69, 9.17) is 4.74 Å². The third-order valence-corrected chi connectivity index (χ3v) is 6.03. The lowest BCUT2D eigenvalue weighted by Crippen LogP contribution is -2.37. The quantitative estimate of drug-likeness (QED) is 0.544. The molecule has 1 aromatic carbocycles. The first-order valence-electron chi connectivity index (χ1n) is 10.4. The molecule has 31 heavy (non-hydrogen) atoms. The van der Waals surface area contributed by atoms with Crippen LogP contribution in [0.15, 0.2) is 48.8 Å². The van der Waals surface area contributed by atoms with Gasteiger partial charge in [-0.2, -0.15) is 0 Å². The zero-order chi connectivity index (χ0) is 22.0.